The first-order chi connectivity index (χ1) is 14.0. The van der Waals surface area contributed by atoms with Gasteiger partial charge in [-0.25, -0.2) is 16.8 Å². The monoisotopic (exact) mass is 459 g/mol. The molecule has 0 aliphatic rings. The van der Waals surface area contributed by atoms with Crippen LogP contribution in [0.2, 0.25) is 0 Å². The van der Waals surface area contributed by atoms with Crippen molar-refractivity contribution in [1.29, 1.82) is 0 Å². The largest absolute Gasteiger partial charge is 0.469 e. The van der Waals surface area contributed by atoms with Crippen molar-refractivity contribution in [2.45, 2.75) is 28.7 Å². The van der Waals surface area contributed by atoms with E-state index in [-0.39, 0.29) is 23.4 Å². The molecule has 2 aromatic rings. The number of nitrogens with zero attached hydrogens (tertiary/aromatic N) is 2. The second-order valence-corrected chi connectivity index (χ2v) is 9.88. The fraction of sp³-hybridized carbons (Fsp3) is 0.353. The Kier molecular flexibility index (Phi) is 7.21. The maximum absolute atomic E-state index is 12.7. The topological polar surface area (TPSA) is 151 Å². The van der Waals surface area contributed by atoms with Gasteiger partial charge in [0.15, 0.2) is 9.84 Å². The maximum atomic E-state index is 12.7. The standard InChI is InChI=1S/C17H21N3O8S2/c1-27-16(21)8-13(9-17(22)28-2)20-11-12(10-18-20)19-30(25,26)15-7-5-4-6-14(15)29(3,23)24/h4-7,10-11,13,19H,8-9H2,1-3H3. The molecule has 0 aliphatic heterocycles. The van der Waals surface area contributed by atoms with E-state index in [4.69, 9.17) is 0 Å². The number of hydrogen-bond acceptors (Lipinski definition) is 9. The summed E-state index contributed by atoms with van der Waals surface area (Å²) >= 11 is 0. The molecular weight excluding hydrogens is 438 g/mol. The highest BCUT2D eigenvalue weighted by molar-refractivity contribution is 7.95. The van der Waals surface area contributed by atoms with Gasteiger partial charge in [0.25, 0.3) is 10.0 Å². The van der Waals surface area contributed by atoms with E-state index in [0.29, 0.717) is 0 Å². The van der Waals surface area contributed by atoms with Crippen LogP contribution in [0.15, 0.2) is 46.5 Å². The molecule has 1 heterocycles. The molecule has 0 radical (unpaired) electrons. The minimum Gasteiger partial charge on any atom is -0.469 e. The third kappa shape index (κ3) is 5.79. The Hall–Kier alpha value is -2.93. The predicted octanol–water partition coefficient (Wildman–Crippen LogP) is 0.755. The number of hydrogen-bond donors (Lipinski definition) is 1. The van der Waals surface area contributed by atoms with Crippen LogP contribution >= 0.6 is 0 Å². The van der Waals surface area contributed by atoms with E-state index in [2.05, 4.69) is 19.3 Å². The number of carbonyl (C=O) groups is 2. The molecule has 13 heteroatoms. The first kappa shape index (κ1) is 23.3. The van der Waals surface area contributed by atoms with E-state index < -0.39 is 42.7 Å². The minimum atomic E-state index is -4.26. The zero-order chi connectivity index (χ0) is 22.5. The average Bonchev–Trinajstić information content (AvgIpc) is 3.14. The highest BCUT2D eigenvalue weighted by Gasteiger charge is 2.25. The second-order valence-electron chi connectivity index (χ2n) is 6.25. The summed E-state index contributed by atoms with van der Waals surface area (Å²) in [6, 6.07) is 4.40. The van der Waals surface area contributed by atoms with Crippen molar-refractivity contribution in [1.82, 2.24) is 9.78 Å². The number of esters is 2. The maximum Gasteiger partial charge on any atom is 0.307 e. The average molecular weight is 460 g/mol. The molecule has 1 N–H and O–H groups in total. The van der Waals surface area contributed by atoms with Gasteiger partial charge in [-0.2, -0.15) is 5.10 Å². The smallest absolute Gasteiger partial charge is 0.307 e. The fourth-order valence-corrected chi connectivity index (χ4v) is 5.25. The van der Waals surface area contributed by atoms with E-state index >= 15 is 0 Å². The Morgan fingerprint density at radius 1 is 1.03 bits per heavy atom. The first-order valence-corrected chi connectivity index (χ1v) is 11.8. The van der Waals surface area contributed by atoms with Crippen LogP contribution in [0.1, 0.15) is 18.9 Å². The lowest BCUT2D eigenvalue weighted by Crippen LogP contribution is -2.20. The molecule has 1 aromatic heterocycles. The summed E-state index contributed by atoms with van der Waals surface area (Å²) in [7, 11) is -5.67. The van der Waals surface area contributed by atoms with E-state index in [1.807, 2.05) is 0 Å². The summed E-state index contributed by atoms with van der Waals surface area (Å²) in [5.41, 5.74) is 0.0121. The Bertz CT molecular complexity index is 1120. The highest BCUT2D eigenvalue weighted by atomic mass is 32.2. The van der Waals surface area contributed by atoms with Gasteiger partial charge in [-0.05, 0) is 12.1 Å². The first-order valence-electron chi connectivity index (χ1n) is 8.47. The summed E-state index contributed by atoms with van der Waals surface area (Å²) < 4.78 is 62.0. The second kappa shape index (κ2) is 9.26. The van der Waals surface area contributed by atoms with Crippen molar-refractivity contribution in [2.75, 3.05) is 25.2 Å². The number of carbonyl (C=O) groups excluding carboxylic acids is 2. The van der Waals surface area contributed by atoms with Crippen LogP contribution in [0.3, 0.4) is 0 Å². The van der Waals surface area contributed by atoms with E-state index in [1.54, 1.807) is 0 Å². The van der Waals surface area contributed by atoms with Gasteiger partial charge in [0.2, 0.25) is 0 Å². The molecule has 0 spiro atoms. The molecule has 30 heavy (non-hydrogen) atoms. The number of sulfonamides is 1. The minimum absolute atomic E-state index is 0.0121. The van der Waals surface area contributed by atoms with Crippen molar-refractivity contribution in [3.63, 3.8) is 0 Å². The third-order valence-corrected chi connectivity index (χ3v) is 6.75. The highest BCUT2D eigenvalue weighted by Crippen LogP contribution is 2.24. The summed E-state index contributed by atoms with van der Waals surface area (Å²) in [4.78, 5) is 22.5. The van der Waals surface area contributed by atoms with E-state index in [0.717, 1.165) is 6.26 Å². The van der Waals surface area contributed by atoms with E-state index in [9.17, 15) is 26.4 Å². The Morgan fingerprint density at radius 2 is 1.57 bits per heavy atom. The Morgan fingerprint density at radius 3 is 2.07 bits per heavy atom. The molecule has 164 valence electrons. The molecule has 0 fully saturated rings. The summed E-state index contributed by atoms with van der Waals surface area (Å²) in [6.07, 6.45) is 2.95. The van der Waals surface area contributed by atoms with Crippen molar-refractivity contribution >= 4 is 37.5 Å². The van der Waals surface area contributed by atoms with Crippen LogP contribution in [0, 0.1) is 0 Å². The number of methoxy groups -OCH3 is 2. The molecule has 2 rings (SSSR count). The predicted molar refractivity (Wildman–Crippen MR) is 105 cm³/mol. The summed E-state index contributed by atoms with van der Waals surface area (Å²) in [5.74, 6) is -1.19. The molecule has 0 amide bonds. The van der Waals surface area contributed by atoms with Crippen LogP contribution in [0.4, 0.5) is 5.69 Å². The number of ether oxygens (including phenoxy) is 2. The number of sulfone groups is 1. The van der Waals surface area contributed by atoms with Crippen molar-refractivity contribution in [3.05, 3.63) is 36.7 Å². The molecule has 0 atom stereocenters. The van der Waals surface area contributed by atoms with Gasteiger partial charge in [0.1, 0.15) is 4.90 Å². The Labute approximate surface area is 174 Å². The molecule has 0 saturated heterocycles. The number of rotatable bonds is 9. The van der Waals surface area contributed by atoms with Gasteiger partial charge in [0.05, 0.1) is 49.9 Å². The van der Waals surface area contributed by atoms with Gasteiger partial charge >= 0.3 is 11.9 Å². The van der Waals surface area contributed by atoms with Crippen LogP contribution in [0.5, 0.6) is 0 Å². The zero-order valence-corrected chi connectivity index (χ0v) is 18.1. The fourth-order valence-electron chi connectivity index (χ4n) is 2.59. The zero-order valence-electron chi connectivity index (χ0n) is 16.4. The van der Waals surface area contributed by atoms with Crippen molar-refractivity contribution < 1.29 is 35.9 Å². The summed E-state index contributed by atoms with van der Waals surface area (Å²) in [5, 5.41) is 4.00. The molecule has 0 saturated carbocycles. The number of nitrogens with one attached hydrogen (secondary N) is 1. The van der Waals surface area contributed by atoms with Gasteiger partial charge in [-0.15, -0.1) is 0 Å². The van der Waals surface area contributed by atoms with Crippen LogP contribution in [0.25, 0.3) is 0 Å². The number of anilines is 1. The molecule has 0 bridgehead atoms. The van der Waals surface area contributed by atoms with Gasteiger partial charge in [-0.3, -0.25) is 19.0 Å². The molecule has 0 unspecified atom stereocenters. The summed E-state index contributed by atoms with van der Waals surface area (Å²) in [6.45, 7) is 0. The molecular formula is C17H21N3O8S2. The van der Waals surface area contributed by atoms with Gasteiger partial charge in [-0.1, -0.05) is 12.1 Å². The lowest BCUT2D eigenvalue weighted by Gasteiger charge is -2.15. The molecule has 1 aromatic carbocycles. The SMILES string of the molecule is COC(=O)CC(CC(=O)OC)n1cc(NS(=O)(=O)c2ccccc2S(C)(=O)=O)cn1. The Balaban J connectivity index is 2.33. The normalized spacial score (nSPS) is 11.9. The van der Waals surface area contributed by atoms with Crippen molar-refractivity contribution in [3.8, 4) is 0 Å². The quantitative estimate of drug-likeness (QED) is 0.536. The molecule has 0 aliphatic carbocycles. The molecule has 11 nitrogen and oxygen atoms in total. The van der Waals surface area contributed by atoms with Crippen LogP contribution < -0.4 is 4.72 Å². The lowest BCUT2D eigenvalue weighted by atomic mass is 10.1. The van der Waals surface area contributed by atoms with Crippen molar-refractivity contribution in [2.24, 2.45) is 0 Å². The van der Waals surface area contributed by atoms with Gasteiger partial charge in [0, 0.05) is 12.5 Å². The number of benzene rings is 1. The lowest BCUT2D eigenvalue weighted by molar-refractivity contribution is -0.144. The van der Waals surface area contributed by atoms with E-state index in [1.165, 1.54) is 55.6 Å². The van der Waals surface area contributed by atoms with Gasteiger partial charge < -0.3 is 9.47 Å². The third-order valence-electron chi connectivity index (χ3n) is 4.03. The van der Waals surface area contributed by atoms with Crippen LogP contribution in [-0.2, 0) is 38.9 Å². The van der Waals surface area contributed by atoms with Crippen LogP contribution in [-0.4, -0.2) is 59.0 Å². The number of aromatic nitrogens is 2.